The minimum Gasteiger partial charge on any atom is -0.329 e. The molecule has 0 fully saturated rings. The summed E-state index contributed by atoms with van der Waals surface area (Å²) < 4.78 is 66.8. The highest BCUT2D eigenvalue weighted by atomic mass is 19.2. The number of aromatic amines is 1. The molecule has 3 rings (SSSR count). The molecule has 1 heterocycles. The van der Waals surface area contributed by atoms with Crippen LogP contribution in [0.15, 0.2) is 52.4 Å². The largest absolute Gasteiger partial charge is 0.329 e. The Hall–Kier alpha value is -3.62. The number of carbonyl (C=O) groups excluding carboxylic acids is 1. The van der Waals surface area contributed by atoms with Crippen molar-refractivity contribution >= 4 is 17.7 Å². The van der Waals surface area contributed by atoms with Crippen LogP contribution in [0.2, 0.25) is 0 Å². The van der Waals surface area contributed by atoms with E-state index in [1.807, 2.05) is 0 Å². The van der Waals surface area contributed by atoms with E-state index in [1.165, 1.54) is 12.3 Å². The lowest BCUT2D eigenvalue weighted by Gasteiger charge is -2.06. The van der Waals surface area contributed by atoms with Gasteiger partial charge >= 0.3 is 0 Å². The number of rotatable bonds is 4. The lowest BCUT2D eigenvalue weighted by molar-refractivity contribution is 0.107. The van der Waals surface area contributed by atoms with Crippen LogP contribution >= 0.6 is 0 Å². The van der Waals surface area contributed by atoms with E-state index in [0.717, 1.165) is 0 Å². The monoisotopic (exact) mass is 392 g/mol. The average Bonchev–Trinajstić information content (AvgIpc) is 2.71. The zero-order valence-electron chi connectivity index (χ0n) is 13.8. The molecule has 2 aromatic carbocycles. The SMILES string of the molecule is O=C(C=Nc1c(F)c(F)c(F)c(F)c1F)c1cc[nH]c(=O)c1-c1ccccc1. The van der Waals surface area contributed by atoms with Gasteiger partial charge in [0.2, 0.25) is 11.6 Å². The van der Waals surface area contributed by atoms with Gasteiger partial charge in [0.15, 0.2) is 23.3 Å². The second-order valence-electron chi connectivity index (χ2n) is 5.50. The van der Waals surface area contributed by atoms with Gasteiger partial charge in [0.05, 0.1) is 11.8 Å². The average molecular weight is 392 g/mol. The lowest BCUT2D eigenvalue weighted by atomic mass is 9.99. The number of aliphatic imine (C=N–C) groups is 1. The normalized spacial score (nSPS) is 11.2. The fourth-order valence-corrected chi connectivity index (χ4v) is 2.47. The standard InChI is InChI=1S/C19H9F5N2O2/c20-13-14(21)16(23)18(17(24)15(13)22)26-8-11(27)10-6-7-25-19(28)12(10)9-4-2-1-3-5-9/h1-8H,(H,25,28). The quantitative estimate of drug-likeness (QED) is 0.236. The fourth-order valence-electron chi connectivity index (χ4n) is 2.47. The number of benzene rings is 2. The minimum atomic E-state index is -2.33. The van der Waals surface area contributed by atoms with Crippen molar-refractivity contribution in [2.24, 2.45) is 4.99 Å². The van der Waals surface area contributed by atoms with Crippen LogP contribution in [0.25, 0.3) is 11.1 Å². The van der Waals surface area contributed by atoms with Crippen molar-refractivity contribution < 1.29 is 26.7 Å². The Bertz CT molecular complexity index is 1130. The Balaban J connectivity index is 2.07. The predicted octanol–water partition coefficient (Wildman–Crippen LogP) is 4.32. The molecule has 28 heavy (non-hydrogen) atoms. The summed E-state index contributed by atoms with van der Waals surface area (Å²) in [6, 6.07) is 9.28. The Kier molecular flexibility index (Phi) is 5.16. The summed E-state index contributed by atoms with van der Waals surface area (Å²) in [7, 11) is 0. The molecule has 0 aliphatic heterocycles. The van der Waals surface area contributed by atoms with Crippen molar-refractivity contribution in [3.63, 3.8) is 0 Å². The van der Waals surface area contributed by atoms with E-state index in [-0.39, 0.29) is 11.1 Å². The first-order chi connectivity index (χ1) is 13.3. The summed E-state index contributed by atoms with van der Waals surface area (Å²) in [6.07, 6.45) is 1.56. The van der Waals surface area contributed by atoms with Crippen LogP contribution in [0.1, 0.15) is 10.4 Å². The summed E-state index contributed by atoms with van der Waals surface area (Å²) in [5, 5.41) is 0. The Labute approximate surface area is 154 Å². The van der Waals surface area contributed by atoms with Crippen molar-refractivity contribution in [2.45, 2.75) is 0 Å². The molecule has 0 aliphatic carbocycles. The summed E-state index contributed by atoms with van der Waals surface area (Å²) in [5.74, 6) is -12.0. The van der Waals surface area contributed by atoms with Crippen LogP contribution in [0.5, 0.6) is 0 Å². The van der Waals surface area contributed by atoms with E-state index in [0.29, 0.717) is 11.8 Å². The van der Waals surface area contributed by atoms with Crippen LogP contribution in [0.3, 0.4) is 0 Å². The van der Waals surface area contributed by atoms with Crippen molar-refractivity contribution in [2.75, 3.05) is 0 Å². The Morgan fingerprint density at radius 3 is 2.04 bits per heavy atom. The van der Waals surface area contributed by atoms with E-state index in [2.05, 4.69) is 9.98 Å². The number of pyridine rings is 1. The number of hydrogen-bond acceptors (Lipinski definition) is 3. The number of H-pyrrole nitrogens is 1. The summed E-state index contributed by atoms with van der Waals surface area (Å²) in [5.41, 5.74) is -1.92. The molecular formula is C19H9F5N2O2. The van der Waals surface area contributed by atoms with Gasteiger partial charge in [-0.1, -0.05) is 30.3 Å². The van der Waals surface area contributed by atoms with Crippen LogP contribution in [0, 0.1) is 29.1 Å². The van der Waals surface area contributed by atoms with Crippen LogP contribution in [0.4, 0.5) is 27.6 Å². The van der Waals surface area contributed by atoms with Gasteiger partial charge < -0.3 is 4.98 Å². The van der Waals surface area contributed by atoms with Gasteiger partial charge in [-0.3, -0.25) is 9.59 Å². The third-order valence-electron chi connectivity index (χ3n) is 3.79. The highest BCUT2D eigenvalue weighted by Crippen LogP contribution is 2.29. The Morgan fingerprint density at radius 1 is 0.857 bits per heavy atom. The maximum Gasteiger partial charge on any atom is 0.256 e. The van der Waals surface area contributed by atoms with Crippen molar-refractivity contribution in [1.29, 1.82) is 0 Å². The molecule has 0 amide bonds. The molecular weight excluding hydrogens is 383 g/mol. The molecule has 9 heteroatoms. The Morgan fingerprint density at radius 2 is 1.43 bits per heavy atom. The van der Waals surface area contributed by atoms with Crippen molar-refractivity contribution in [1.82, 2.24) is 4.98 Å². The first kappa shape index (κ1) is 19.2. The van der Waals surface area contributed by atoms with Gasteiger partial charge in [0.25, 0.3) is 5.56 Å². The molecule has 0 atom stereocenters. The number of hydrogen-bond donors (Lipinski definition) is 1. The summed E-state index contributed by atoms with van der Waals surface area (Å²) in [6.45, 7) is 0. The summed E-state index contributed by atoms with van der Waals surface area (Å²) in [4.78, 5) is 30.1. The second-order valence-corrected chi connectivity index (χ2v) is 5.50. The van der Waals surface area contributed by atoms with Gasteiger partial charge in [0.1, 0.15) is 5.69 Å². The maximum atomic E-state index is 13.7. The molecule has 0 saturated heterocycles. The van der Waals surface area contributed by atoms with Crippen molar-refractivity contribution in [3.8, 4) is 11.1 Å². The minimum absolute atomic E-state index is 0.0306. The fraction of sp³-hybridized carbons (Fsp3) is 0. The number of halogens is 5. The smallest absolute Gasteiger partial charge is 0.256 e. The molecule has 0 radical (unpaired) electrons. The molecule has 142 valence electrons. The van der Waals surface area contributed by atoms with E-state index in [4.69, 9.17) is 0 Å². The third kappa shape index (κ3) is 3.34. The van der Waals surface area contributed by atoms with E-state index >= 15 is 0 Å². The van der Waals surface area contributed by atoms with Gasteiger partial charge in [-0.25, -0.2) is 26.9 Å². The molecule has 4 nitrogen and oxygen atoms in total. The first-order valence-electron chi connectivity index (χ1n) is 7.70. The number of Topliss-reactive ketones (excluding diaryl/α,β-unsaturated/α-hetero) is 1. The predicted molar refractivity (Wildman–Crippen MR) is 91.2 cm³/mol. The molecule has 0 aliphatic rings. The molecule has 0 spiro atoms. The third-order valence-corrected chi connectivity index (χ3v) is 3.79. The van der Waals surface area contributed by atoms with Crippen molar-refractivity contribution in [3.05, 3.63) is 87.6 Å². The zero-order valence-corrected chi connectivity index (χ0v) is 13.8. The number of carbonyl (C=O) groups is 1. The second kappa shape index (κ2) is 7.55. The molecule has 1 N–H and O–H groups in total. The van der Waals surface area contributed by atoms with E-state index < -0.39 is 46.1 Å². The maximum absolute atomic E-state index is 13.7. The molecule has 0 bridgehead atoms. The molecule has 0 unspecified atom stereocenters. The number of ketones is 1. The molecule has 0 saturated carbocycles. The van der Waals surface area contributed by atoms with E-state index in [9.17, 15) is 31.5 Å². The highest BCUT2D eigenvalue weighted by Gasteiger charge is 2.25. The highest BCUT2D eigenvalue weighted by molar-refractivity contribution is 6.37. The van der Waals surface area contributed by atoms with Gasteiger partial charge in [-0.05, 0) is 11.6 Å². The number of aromatic nitrogens is 1. The van der Waals surface area contributed by atoms with E-state index in [1.54, 1.807) is 30.3 Å². The summed E-state index contributed by atoms with van der Waals surface area (Å²) >= 11 is 0. The van der Waals surface area contributed by atoms with Crippen LogP contribution in [-0.4, -0.2) is 17.0 Å². The van der Waals surface area contributed by atoms with Gasteiger partial charge in [-0.15, -0.1) is 0 Å². The first-order valence-corrected chi connectivity index (χ1v) is 7.70. The lowest BCUT2D eigenvalue weighted by Crippen LogP contribution is -2.15. The molecule has 3 aromatic rings. The number of nitrogens with zero attached hydrogens (tertiary/aromatic N) is 1. The topological polar surface area (TPSA) is 62.3 Å². The van der Waals surface area contributed by atoms with Crippen LogP contribution in [-0.2, 0) is 0 Å². The van der Waals surface area contributed by atoms with Crippen LogP contribution < -0.4 is 5.56 Å². The van der Waals surface area contributed by atoms with Gasteiger partial charge in [0, 0.05) is 11.8 Å². The molecule has 1 aromatic heterocycles. The zero-order chi connectivity index (χ0) is 20.4. The number of nitrogens with one attached hydrogen (secondary N) is 1. The van der Waals surface area contributed by atoms with Gasteiger partial charge in [-0.2, -0.15) is 0 Å².